The second-order valence-electron chi connectivity index (χ2n) is 4.36. The Morgan fingerprint density at radius 2 is 1.85 bits per heavy atom. The lowest BCUT2D eigenvalue weighted by molar-refractivity contribution is 0.102. The molecule has 0 aliphatic rings. The van der Waals surface area contributed by atoms with E-state index in [1.807, 2.05) is 36.4 Å². The number of carbonyl (C=O) groups is 1. The molecule has 0 unspecified atom stereocenters. The van der Waals surface area contributed by atoms with E-state index in [1.54, 1.807) is 24.5 Å². The Kier molecular flexibility index (Phi) is 3.48. The molecule has 1 N–H and O–H groups in total. The quantitative estimate of drug-likeness (QED) is 0.764. The van der Waals surface area contributed by atoms with Crippen LogP contribution in [-0.2, 0) is 0 Å². The zero-order chi connectivity index (χ0) is 13.9. The molecule has 0 spiro atoms. The van der Waals surface area contributed by atoms with Crippen molar-refractivity contribution in [3.05, 3.63) is 71.0 Å². The number of hydrogen-bond acceptors (Lipinski definition) is 2. The summed E-state index contributed by atoms with van der Waals surface area (Å²) in [6.45, 7) is 0. The zero-order valence-electron chi connectivity index (χ0n) is 10.5. The number of rotatable bonds is 2. The van der Waals surface area contributed by atoms with E-state index in [2.05, 4.69) is 26.2 Å². The third-order valence-corrected chi connectivity index (χ3v) is 3.56. The number of carbonyl (C=O) groups excluding carboxylic acids is 1. The summed E-state index contributed by atoms with van der Waals surface area (Å²) in [5.74, 6) is -0.123. The maximum Gasteiger partial charge on any atom is 0.255 e. The summed E-state index contributed by atoms with van der Waals surface area (Å²) in [5, 5.41) is 4.92. The molecule has 0 aliphatic carbocycles. The molecular formula is C16H11BrN2O. The molecule has 0 fully saturated rings. The lowest BCUT2D eigenvalue weighted by Crippen LogP contribution is -2.11. The molecule has 2 aromatic carbocycles. The number of benzene rings is 2. The van der Waals surface area contributed by atoms with Crippen LogP contribution in [0, 0.1) is 0 Å². The van der Waals surface area contributed by atoms with Gasteiger partial charge in [0.2, 0.25) is 0 Å². The van der Waals surface area contributed by atoms with Gasteiger partial charge in [0.1, 0.15) is 0 Å². The van der Waals surface area contributed by atoms with E-state index in [1.165, 1.54) is 0 Å². The highest BCUT2D eigenvalue weighted by Crippen LogP contribution is 2.23. The summed E-state index contributed by atoms with van der Waals surface area (Å²) in [6.07, 6.45) is 3.50. The Balaban J connectivity index is 1.93. The van der Waals surface area contributed by atoms with Gasteiger partial charge < -0.3 is 5.32 Å². The maximum atomic E-state index is 12.2. The Hall–Kier alpha value is -2.20. The summed E-state index contributed by atoms with van der Waals surface area (Å²) in [4.78, 5) is 16.3. The van der Waals surface area contributed by atoms with Gasteiger partial charge in [0.05, 0.1) is 0 Å². The highest BCUT2D eigenvalue weighted by molar-refractivity contribution is 9.10. The van der Waals surface area contributed by atoms with Crippen LogP contribution in [0.15, 0.2) is 65.4 Å². The number of halogens is 1. The molecule has 0 aliphatic heterocycles. The van der Waals surface area contributed by atoms with Crippen molar-refractivity contribution in [3.8, 4) is 0 Å². The van der Waals surface area contributed by atoms with Crippen molar-refractivity contribution >= 4 is 38.3 Å². The molecule has 98 valence electrons. The molecular weight excluding hydrogens is 316 g/mol. The topological polar surface area (TPSA) is 42.0 Å². The van der Waals surface area contributed by atoms with E-state index in [9.17, 15) is 4.79 Å². The molecule has 0 atom stereocenters. The van der Waals surface area contributed by atoms with E-state index in [0.29, 0.717) is 5.56 Å². The standard InChI is InChI=1S/C16H11BrN2O/c17-13-6-4-11(5-7-13)16(20)19-15-3-1-2-12-10-18-9-8-14(12)15/h1-10H,(H,19,20). The van der Waals surface area contributed by atoms with Gasteiger partial charge in [-0.3, -0.25) is 9.78 Å². The number of nitrogens with zero attached hydrogens (tertiary/aromatic N) is 1. The first-order chi connectivity index (χ1) is 9.74. The first-order valence-corrected chi connectivity index (χ1v) is 6.93. The fourth-order valence-electron chi connectivity index (χ4n) is 2.03. The van der Waals surface area contributed by atoms with Crippen molar-refractivity contribution in [1.29, 1.82) is 0 Å². The highest BCUT2D eigenvalue weighted by atomic mass is 79.9. The predicted molar refractivity (Wildman–Crippen MR) is 83.8 cm³/mol. The number of amides is 1. The summed E-state index contributed by atoms with van der Waals surface area (Å²) in [6, 6.07) is 14.9. The number of aromatic nitrogens is 1. The zero-order valence-corrected chi connectivity index (χ0v) is 12.1. The smallest absolute Gasteiger partial charge is 0.255 e. The highest BCUT2D eigenvalue weighted by Gasteiger charge is 2.08. The summed E-state index contributed by atoms with van der Waals surface area (Å²) in [5.41, 5.74) is 1.41. The van der Waals surface area contributed by atoms with Crippen LogP contribution in [0.2, 0.25) is 0 Å². The van der Waals surface area contributed by atoms with Gasteiger partial charge in [-0.2, -0.15) is 0 Å². The molecule has 1 amide bonds. The Morgan fingerprint density at radius 3 is 2.65 bits per heavy atom. The van der Waals surface area contributed by atoms with Crippen LogP contribution in [-0.4, -0.2) is 10.9 Å². The van der Waals surface area contributed by atoms with E-state index < -0.39 is 0 Å². The van der Waals surface area contributed by atoms with Crippen LogP contribution in [0.5, 0.6) is 0 Å². The van der Waals surface area contributed by atoms with Crippen molar-refractivity contribution < 1.29 is 4.79 Å². The Morgan fingerprint density at radius 1 is 1.05 bits per heavy atom. The summed E-state index contributed by atoms with van der Waals surface area (Å²) in [7, 11) is 0. The second-order valence-corrected chi connectivity index (χ2v) is 5.28. The van der Waals surface area contributed by atoms with Crippen molar-refractivity contribution in [2.45, 2.75) is 0 Å². The average molecular weight is 327 g/mol. The maximum absolute atomic E-state index is 12.2. The lowest BCUT2D eigenvalue weighted by atomic mass is 10.1. The fourth-order valence-corrected chi connectivity index (χ4v) is 2.29. The van der Waals surface area contributed by atoms with Crippen molar-refractivity contribution in [1.82, 2.24) is 4.98 Å². The van der Waals surface area contributed by atoms with Gasteiger partial charge in [-0.05, 0) is 36.4 Å². The first-order valence-electron chi connectivity index (χ1n) is 6.14. The molecule has 1 heterocycles. The average Bonchev–Trinajstić information content (AvgIpc) is 2.48. The molecule has 3 nitrogen and oxygen atoms in total. The molecule has 3 rings (SSSR count). The largest absolute Gasteiger partial charge is 0.321 e. The number of pyridine rings is 1. The third kappa shape index (κ3) is 2.56. The molecule has 4 heteroatoms. The van der Waals surface area contributed by atoms with Crippen molar-refractivity contribution in [3.63, 3.8) is 0 Å². The molecule has 0 saturated carbocycles. The lowest BCUT2D eigenvalue weighted by Gasteiger charge is -2.08. The van der Waals surface area contributed by atoms with Gasteiger partial charge in [-0.15, -0.1) is 0 Å². The van der Waals surface area contributed by atoms with Crippen molar-refractivity contribution in [2.75, 3.05) is 5.32 Å². The van der Waals surface area contributed by atoms with Gasteiger partial charge in [0.25, 0.3) is 5.91 Å². The van der Waals surface area contributed by atoms with E-state index >= 15 is 0 Å². The minimum atomic E-state index is -0.123. The number of fused-ring (bicyclic) bond motifs is 1. The van der Waals surface area contributed by atoms with Crippen LogP contribution in [0.25, 0.3) is 10.8 Å². The monoisotopic (exact) mass is 326 g/mol. The Bertz CT molecular complexity index is 764. The number of anilines is 1. The normalized spacial score (nSPS) is 10.4. The first kappa shape index (κ1) is 12.8. The predicted octanol–water partition coefficient (Wildman–Crippen LogP) is 4.25. The minimum absolute atomic E-state index is 0.123. The number of nitrogens with one attached hydrogen (secondary N) is 1. The van der Waals surface area contributed by atoms with Gasteiger partial charge in [0.15, 0.2) is 0 Å². The summed E-state index contributed by atoms with van der Waals surface area (Å²) < 4.78 is 0.949. The van der Waals surface area contributed by atoms with Crippen LogP contribution in [0.1, 0.15) is 10.4 Å². The van der Waals surface area contributed by atoms with Gasteiger partial charge in [0, 0.05) is 38.9 Å². The van der Waals surface area contributed by atoms with Crippen LogP contribution in [0.4, 0.5) is 5.69 Å². The molecule has 0 saturated heterocycles. The van der Waals surface area contributed by atoms with Gasteiger partial charge in [-0.1, -0.05) is 28.1 Å². The SMILES string of the molecule is O=C(Nc1cccc2cnccc12)c1ccc(Br)cc1. The minimum Gasteiger partial charge on any atom is -0.321 e. The fraction of sp³-hybridized carbons (Fsp3) is 0. The van der Waals surface area contributed by atoms with E-state index in [-0.39, 0.29) is 5.91 Å². The second kappa shape index (κ2) is 5.43. The van der Waals surface area contributed by atoms with E-state index in [0.717, 1.165) is 20.9 Å². The molecule has 0 radical (unpaired) electrons. The Labute approximate surface area is 124 Å². The number of hydrogen-bond donors (Lipinski definition) is 1. The molecule has 3 aromatic rings. The van der Waals surface area contributed by atoms with E-state index in [4.69, 9.17) is 0 Å². The van der Waals surface area contributed by atoms with Crippen LogP contribution in [0.3, 0.4) is 0 Å². The van der Waals surface area contributed by atoms with Crippen LogP contribution < -0.4 is 5.32 Å². The van der Waals surface area contributed by atoms with Crippen molar-refractivity contribution in [2.24, 2.45) is 0 Å². The molecule has 1 aromatic heterocycles. The van der Waals surface area contributed by atoms with Gasteiger partial charge in [-0.25, -0.2) is 0 Å². The van der Waals surface area contributed by atoms with Crippen LogP contribution >= 0.6 is 15.9 Å². The third-order valence-electron chi connectivity index (χ3n) is 3.04. The molecule has 20 heavy (non-hydrogen) atoms. The van der Waals surface area contributed by atoms with Gasteiger partial charge >= 0.3 is 0 Å². The molecule has 0 bridgehead atoms. The summed E-state index contributed by atoms with van der Waals surface area (Å²) >= 11 is 3.36.